The first-order valence-electron chi connectivity index (χ1n) is 4.91. The summed E-state index contributed by atoms with van der Waals surface area (Å²) >= 11 is 6.14. The molecule has 0 saturated heterocycles. The molecule has 0 bridgehead atoms. The number of halogens is 1. The van der Waals surface area contributed by atoms with Crippen molar-refractivity contribution < 1.29 is 9.90 Å². The largest absolute Gasteiger partial charge is 0.478 e. The van der Waals surface area contributed by atoms with E-state index in [2.05, 4.69) is 5.10 Å². The standard InChI is InChI=1S/C11H11ClN2O2/c1-6(2)14-10(12)8-4-3-7(11(15)16)5-9(8)13-14/h3-6H,1-2H3,(H,15,16). The van der Waals surface area contributed by atoms with E-state index >= 15 is 0 Å². The number of carboxylic acids is 1. The van der Waals surface area contributed by atoms with E-state index in [4.69, 9.17) is 16.7 Å². The third kappa shape index (κ3) is 1.65. The van der Waals surface area contributed by atoms with Gasteiger partial charge in [-0.15, -0.1) is 0 Å². The first-order valence-corrected chi connectivity index (χ1v) is 5.29. The maximum atomic E-state index is 10.8. The SMILES string of the molecule is CC(C)n1nc2cc(C(=O)O)ccc2c1Cl. The van der Waals surface area contributed by atoms with E-state index in [1.807, 2.05) is 13.8 Å². The van der Waals surface area contributed by atoms with Gasteiger partial charge in [0.15, 0.2) is 0 Å². The number of carboxylic acid groups (broad SMARTS) is 1. The Balaban J connectivity index is 2.67. The summed E-state index contributed by atoms with van der Waals surface area (Å²) in [6.45, 7) is 3.94. The van der Waals surface area contributed by atoms with Gasteiger partial charge >= 0.3 is 5.97 Å². The quantitative estimate of drug-likeness (QED) is 0.875. The number of nitrogens with zero attached hydrogens (tertiary/aromatic N) is 2. The van der Waals surface area contributed by atoms with Crippen molar-refractivity contribution in [3.05, 3.63) is 28.9 Å². The second-order valence-electron chi connectivity index (χ2n) is 3.87. The van der Waals surface area contributed by atoms with E-state index in [0.29, 0.717) is 10.7 Å². The number of hydrogen-bond acceptors (Lipinski definition) is 2. The Morgan fingerprint density at radius 1 is 1.50 bits per heavy atom. The topological polar surface area (TPSA) is 55.1 Å². The fourth-order valence-electron chi connectivity index (χ4n) is 1.55. The molecule has 0 atom stereocenters. The van der Waals surface area contributed by atoms with E-state index < -0.39 is 5.97 Å². The van der Waals surface area contributed by atoms with Crippen molar-refractivity contribution in [2.24, 2.45) is 0 Å². The number of fused-ring (bicyclic) bond motifs is 1. The van der Waals surface area contributed by atoms with Crippen molar-refractivity contribution in [2.45, 2.75) is 19.9 Å². The molecule has 0 aliphatic heterocycles. The molecule has 0 amide bonds. The molecule has 2 aromatic rings. The number of aromatic nitrogens is 2. The van der Waals surface area contributed by atoms with Gasteiger partial charge in [0, 0.05) is 11.4 Å². The highest BCUT2D eigenvalue weighted by Crippen LogP contribution is 2.26. The van der Waals surface area contributed by atoms with Crippen LogP contribution >= 0.6 is 11.6 Å². The summed E-state index contributed by atoms with van der Waals surface area (Å²) < 4.78 is 1.68. The maximum Gasteiger partial charge on any atom is 0.335 e. The van der Waals surface area contributed by atoms with Crippen LogP contribution in [0.3, 0.4) is 0 Å². The molecule has 0 fully saturated rings. The molecule has 1 aromatic carbocycles. The number of hydrogen-bond donors (Lipinski definition) is 1. The van der Waals surface area contributed by atoms with Gasteiger partial charge in [-0.1, -0.05) is 11.6 Å². The predicted octanol–water partition coefficient (Wildman–Crippen LogP) is 2.97. The van der Waals surface area contributed by atoms with Gasteiger partial charge in [-0.05, 0) is 32.0 Å². The summed E-state index contributed by atoms with van der Waals surface area (Å²) in [5.74, 6) is -0.961. The zero-order chi connectivity index (χ0) is 11.9. The van der Waals surface area contributed by atoms with Crippen molar-refractivity contribution in [2.75, 3.05) is 0 Å². The third-order valence-corrected chi connectivity index (χ3v) is 2.75. The van der Waals surface area contributed by atoms with Crippen LogP contribution in [0.1, 0.15) is 30.2 Å². The smallest absolute Gasteiger partial charge is 0.335 e. The Kier molecular flexibility index (Phi) is 2.59. The van der Waals surface area contributed by atoms with Crippen molar-refractivity contribution >= 4 is 28.5 Å². The average molecular weight is 239 g/mol. The molecular formula is C11H11ClN2O2. The highest BCUT2D eigenvalue weighted by atomic mass is 35.5. The normalized spacial score (nSPS) is 11.2. The van der Waals surface area contributed by atoms with Crippen LogP contribution in [0.15, 0.2) is 18.2 Å². The predicted molar refractivity (Wildman–Crippen MR) is 62.1 cm³/mol. The summed E-state index contributed by atoms with van der Waals surface area (Å²) in [5, 5.41) is 14.5. The molecule has 0 unspecified atom stereocenters. The molecule has 1 aromatic heterocycles. The highest BCUT2D eigenvalue weighted by Gasteiger charge is 2.13. The molecule has 0 aliphatic rings. The van der Waals surface area contributed by atoms with Crippen molar-refractivity contribution in [3.8, 4) is 0 Å². The summed E-state index contributed by atoms with van der Waals surface area (Å²) in [7, 11) is 0. The van der Waals surface area contributed by atoms with E-state index in [-0.39, 0.29) is 11.6 Å². The van der Waals surface area contributed by atoms with Crippen molar-refractivity contribution in [3.63, 3.8) is 0 Å². The second kappa shape index (κ2) is 3.79. The monoisotopic (exact) mass is 238 g/mol. The molecule has 5 heteroatoms. The number of aromatic carboxylic acids is 1. The summed E-state index contributed by atoms with van der Waals surface area (Å²) in [6.07, 6.45) is 0. The van der Waals surface area contributed by atoms with Crippen LogP contribution in [-0.4, -0.2) is 20.9 Å². The van der Waals surface area contributed by atoms with Gasteiger partial charge in [-0.3, -0.25) is 4.68 Å². The fraction of sp³-hybridized carbons (Fsp3) is 0.273. The lowest BCUT2D eigenvalue weighted by Crippen LogP contribution is -2.02. The molecule has 0 radical (unpaired) electrons. The molecule has 2 rings (SSSR count). The van der Waals surface area contributed by atoms with Gasteiger partial charge in [-0.25, -0.2) is 4.79 Å². The van der Waals surface area contributed by atoms with Crippen LogP contribution in [0.4, 0.5) is 0 Å². The fourth-order valence-corrected chi connectivity index (χ4v) is 1.94. The molecule has 0 saturated carbocycles. The molecule has 84 valence electrons. The Labute approximate surface area is 97.4 Å². The Morgan fingerprint density at radius 3 is 2.75 bits per heavy atom. The van der Waals surface area contributed by atoms with Gasteiger partial charge in [-0.2, -0.15) is 5.10 Å². The number of rotatable bonds is 2. The van der Waals surface area contributed by atoms with Crippen LogP contribution in [-0.2, 0) is 0 Å². The summed E-state index contributed by atoms with van der Waals surface area (Å²) in [5.41, 5.74) is 0.830. The van der Waals surface area contributed by atoms with Crippen LogP contribution in [0, 0.1) is 0 Å². The zero-order valence-corrected chi connectivity index (χ0v) is 9.69. The molecule has 1 N–H and O–H groups in total. The van der Waals surface area contributed by atoms with Crippen molar-refractivity contribution in [1.29, 1.82) is 0 Å². The Morgan fingerprint density at radius 2 is 2.19 bits per heavy atom. The lowest BCUT2D eigenvalue weighted by atomic mass is 10.2. The molecule has 1 heterocycles. The Hall–Kier alpha value is -1.55. The summed E-state index contributed by atoms with van der Waals surface area (Å²) in [6, 6.07) is 4.89. The van der Waals surface area contributed by atoms with Gasteiger partial charge in [0.25, 0.3) is 0 Å². The number of benzene rings is 1. The minimum absolute atomic E-state index is 0.146. The van der Waals surface area contributed by atoms with Gasteiger partial charge in [0.2, 0.25) is 0 Å². The second-order valence-corrected chi connectivity index (χ2v) is 4.22. The van der Waals surface area contributed by atoms with Gasteiger partial charge in [0.1, 0.15) is 5.15 Å². The molecule has 0 spiro atoms. The van der Waals surface area contributed by atoms with E-state index in [0.717, 1.165) is 5.39 Å². The highest BCUT2D eigenvalue weighted by molar-refractivity contribution is 6.34. The lowest BCUT2D eigenvalue weighted by Gasteiger charge is -2.05. The summed E-state index contributed by atoms with van der Waals surface area (Å²) in [4.78, 5) is 10.8. The first kappa shape index (κ1) is 11.0. The van der Waals surface area contributed by atoms with Crippen LogP contribution in [0.25, 0.3) is 10.9 Å². The van der Waals surface area contributed by atoms with E-state index in [9.17, 15) is 4.79 Å². The molecule has 16 heavy (non-hydrogen) atoms. The average Bonchev–Trinajstić information content (AvgIpc) is 2.55. The molecule has 0 aliphatic carbocycles. The van der Waals surface area contributed by atoms with E-state index in [1.54, 1.807) is 10.7 Å². The van der Waals surface area contributed by atoms with Crippen LogP contribution in [0.5, 0.6) is 0 Å². The lowest BCUT2D eigenvalue weighted by molar-refractivity contribution is 0.0697. The van der Waals surface area contributed by atoms with Crippen LogP contribution in [0.2, 0.25) is 5.15 Å². The maximum absolute atomic E-state index is 10.8. The van der Waals surface area contributed by atoms with Crippen LogP contribution < -0.4 is 0 Å². The third-order valence-electron chi connectivity index (χ3n) is 2.37. The minimum Gasteiger partial charge on any atom is -0.478 e. The van der Waals surface area contributed by atoms with Crippen molar-refractivity contribution in [1.82, 2.24) is 9.78 Å². The van der Waals surface area contributed by atoms with Gasteiger partial charge < -0.3 is 5.11 Å². The van der Waals surface area contributed by atoms with E-state index in [1.165, 1.54) is 12.1 Å². The number of carbonyl (C=O) groups is 1. The molecular weight excluding hydrogens is 228 g/mol. The zero-order valence-electron chi connectivity index (χ0n) is 8.94. The van der Waals surface area contributed by atoms with Gasteiger partial charge in [0.05, 0.1) is 11.1 Å². The molecule has 4 nitrogen and oxygen atoms in total. The minimum atomic E-state index is -0.961. The Bertz CT molecular complexity index is 560. The first-order chi connectivity index (χ1) is 7.50.